The van der Waals surface area contributed by atoms with Gasteiger partial charge < -0.3 is 55.6 Å². The van der Waals surface area contributed by atoms with Crippen LogP contribution in [0, 0.1) is 61.6 Å². The number of hydrogen-bond donors (Lipinski definition) is 6. The number of rotatable bonds is 9. The molecule has 7 aliphatic carbocycles. The average molecular weight is 1420 g/mol. The first-order valence-corrected chi connectivity index (χ1v) is 37.2. The van der Waals surface area contributed by atoms with Gasteiger partial charge in [-0.15, -0.1) is 0 Å². The van der Waals surface area contributed by atoms with Gasteiger partial charge in [0.15, 0.2) is 5.78 Å². The molecule has 18 nitrogen and oxygen atoms in total. The summed E-state index contributed by atoms with van der Waals surface area (Å²) in [4.78, 5) is 79.8. The van der Waals surface area contributed by atoms with E-state index in [1.807, 2.05) is 96.9 Å². The van der Waals surface area contributed by atoms with Crippen LogP contribution in [0.1, 0.15) is 342 Å². The standard InChI is InChI=1S/C15H28O3.3C14H26O3.C8H17NO.C8H13NO.C8H12O2.CH4/c1-14(2,3)18-13(16)8-11-7-12(17-6)10-15(4,5)9-11;3*1-13(2,3)17-12(16)7-10-6-11(15)9-14(4,5)8-10;3*1-8(2)4-6(9)3-7(10)5-8;/h11-12H,7-10H2,1-6H3;3*10-11,15H,6-9H2,1-5H3;6-7,10H,3-5,9H2,1-2H3;3H,4-5,9H2,1-2H3;3-5H2,1-2H3;1H4/t11-,12+;2*10-,11+;10-,11-;;;;/m1111..../s1. The second kappa shape index (κ2) is 39.5. The van der Waals surface area contributed by atoms with Crippen LogP contribution in [0.4, 0.5) is 0 Å². The first kappa shape index (κ1) is 96.2. The molecule has 7 rings (SSSR count). The lowest BCUT2D eigenvalue weighted by molar-refractivity contribution is -0.158. The first-order valence-electron chi connectivity index (χ1n) is 37.2. The molecule has 0 aliphatic heterocycles. The molecule has 18 heteroatoms. The van der Waals surface area contributed by atoms with Gasteiger partial charge in [0.05, 0.1) is 36.9 Å². The van der Waals surface area contributed by atoms with Gasteiger partial charge in [-0.05, 0) is 253 Å². The molecule has 7 aliphatic rings. The Hall–Kier alpha value is -3.81. The number of Topliss-reactive ketones (excluding diaryl/α,β-unsaturated/α-hetero) is 2. The molecule has 100 heavy (non-hydrogen) atoms. The topological polar surface area (TPSA) is 299 Å². The van der Waals surface area contributed by atoms with Crippen LogP contribution in [0.2, 0.25) is 0 Å². The van der Waals surface area contributed by atoms with Crippen LogP contribution in [0.3, 0.4) is 0 Å². The zero-order valence-corrected chi connectivity index (χ0v) is 67.7. The number of aliphatic hydroxyl groups is 4. The van der Waals surface area contributed by atoms with E-state index in [9.17, 15) is 54.0 Å². The predicted molar refractivity (Wildman–Crippen MR) is 401 cm³/mol. The van der Waals surface area contributed by atoms with Crippen molar-refractivity contribution in [2.24, 2.45) is 73.0 Å². The van der Waals surface area contributed by atoms with Gasteiger partial charge in [0.25, 0.3) is 0 Å². The van der Waals surface area contributed by atoms with Gasteiger partial charge in [0.1, 0.15) is 34.0 Å². The average Bonchev–Trinajstić information content (AvgIpc) is 0.841. The molecule has 6 saturated carbocycles. The lowest BCUT2D eigenvalue weighted by Crippen LogP contribution is -2.39. The number of carbonyl (C=O) groups is 7. The summed E-state index contributed by atoms with van der Waals surface area (Å²) in [6, 6.07) is 0.207. The number of allylic oxidation sites excluding steroid dienone is 2. The molecule has 0 amide bonds. The van der Waals surface area contributed by atoms with E-state index < -0.39 is 16.8 Å². The predicted octanol–water partition coefficient (Wildman–Crippen LogP) is 16.3. The number of aliphatic hydroxyl groups excluding tert-OH is 4. The minimum absolute atomic E-state index is 0. The molecule has 0 bridgehead atoms. The molecule has 0 radical (unpaired) electrons. The lowest BCUT2D eigenvalue weighted by Gasteiger charge is -2.39. The normalized spacial score (nSPS) is 28.6. The van der Waals surface area contributed by atoms with Crippen molar-refractivity contribution in [2.45, 2.75) is 401 Å². The van der Waals surface area contributed by atoms with Crippen molar-refractivity contribution in [2.75, 3.05) is 7.11 Å². The minimum atomic E-state index is -0.417. The highest BCUT2D eigenvalue weighted by molar-refractivity contribution is 6.02. The Morgan fingerprint density at radius 2 is 0.660 bits per heavy atom. The van der Waals surface area contributed by atoms with E-state index >= 15 is 0 Å². The number of carbonyl (C=O) groups excluding carboxylic acids is 7. The van der Waals surface area contributed by atoms with Crippen LogP contribution < -0.4 is 11.5 Å². The van der Waals surface area contributed by atoms with Crippen molar-refractivity contribution in [1.29, 1.82) is 0 Å². The zero-order valence-electron chi connectivity index (χ0n) is 67.7. The minimum Gasteiger partial charge on any atom is -0.460 e. The molecule has 6 fully saturated rings. The third-order valence-corrected chi connectivity index (χ3v) is 18.4. The fourth-order valence-corrected chi connectivity index (χ4v) is 16.3. The molecular formula is C82H152N2O16. The van der Waals surface area contributed by atoms with Crippen LogP contribution in [0.5, 0.6) is 0 Å². The first-order chi connectivity index (χ1) is 44.3. The molecule has 0 saturated heterocycles. The largest absolute Gasteiger partial charge is 0.460 e. The molecule has 0 heterocycles. The van der Waals surface area contributed by atoms with E-state index in [0.29, 0.717) is 50.9 Å². The maximum Gasteiger partial charge on any atom is 0.306 e. The third kappa shape index (κ3) is 46.8. The number of nitrogens with two attached hydrogens (primary N) is 2. The molecule has 10 atom stereocenters. The maximum atomic E-state index is 11.9. The van der Waals surface area contributed by atoms with Gasteiger partial charge in [-0.3, -0.25) is 33.6 Å². The highest BCUT2D eigenvalue weighted by Crippen LogP contribution is 2.45. The Morgan fingerprint density at radius 1 is 0.400 bits per heavy atom. The molecule has 0 spiro atoms. The van der Waals surface area contributed by atoms with E-state index in [1.165, 1.54) is 0 Å². The van der Waals surface area contributed by atoms with Gasteiger partial charge in [-0.1, -0.05) is 104 Å². The summed E-state index contributed by atoms with van der Waals surface area (Å²) >= 11 is 0. The fraction of sp³-hybridized carbons (Fsp3) is 0.890. The molecule has 586 valence electrons. The quantitative estimate of drug-likeness (QED) is 0.0710. The Labute approximate surface area is 608 Å². The number of esters is 4. The smallest absolute Gasteiger partial charge is 0.306 e. The third-order valence-electron chi connectivity index (χ3n) is 18.4. The molecular weight excluding hydrogens is 1270 g/mol. The highest BCUT2D eigenvalue weighted by atomic mass is 16.6. The SMILES string of the molecule is C.CC1(C)CC(=O)C=C(N)C1.CC1(C)CC(=O)CC(=O)C1.CC1(C)CC(N)CC(O)C1.CC1(C)C[C@@H](O)C[C@H](CC(=O)OC(C)(C)C)C1.CC1(C)C[C@@H](O)C[C@H](CC(=O)OC(C)(C)C)C1.CC1(C)C[C@H](O)C[C@H](CC(=O)OC(C)(C)C)C1.CO[C@H]1C[C@H](CC(=O)OC(C)(C)C)CC(C)(C)C1. The van der Waals surface area contributed by atoms with Gasteiger partial charge in [-0.25, -0.2) is 0 Å². The van der Waals surface area contributed by atoms with Crippen molar-refractivity contribution in [3.8, 4) is 0 Å². The maximum absolute atomic E-state index is 11.9. The van der Waals surface area contributed by atoms with Crippen LogP contribution in [-0.2, 0) is 57.2 Å². The molecule has 2 unspecified atom stereocenters. The van der Waals surface area contributed by atoms with Crippen molar-refractivity contribution >= 4 is 41.2 Å². The summed E-state index contributed by atoms with van der Waals surface area (Å²) in [5.41, 5.74) is 11.3. The molecule has 0 aromatic heterocycles. The van der Waals surface area contributed by atoms with Gasteiger partial charge in [0, 0.05) is 63.8 Å². The number of methoxy groups -OCH3 is 1. The number of hydrogen-bond acceptors (Lipinski definition) is 18. The van der Waals surface area contributed by atoms with Crippen LogP contribution in [0.15, 0.2) is 11.8 Å². The van der Waals surface area contributed by atoms with E-state index in [4.69, 9.17) is 35.2 Å². The lowest BCUT2D eigenvalue weighted by atomic mass is 9.70. The zero-order chi connectivity index (χ0) is 77.1. The second-order valence-corrected chi connectivity index (χ2v) is 40.4. The summed E-state index contributed by atoms with van der Waals surface area (Å²) < 4.78 is 26.9. The Balaban J connectivity index is 0.00000116. The van der Waals surface area contributed by atoms with Crippen LogP contribution in [0.25, 0.3) is 0 Å². The van der Waals surface area contributed by atoms with Gasteiger partial charge in [0.2, 0.25) is 0 Å². The summed E-state index contributed by atoms with van der Waals surface area (Å²) in [6.45, 7) is 52.4. The Morgan fingerprint density at radius 3 is 0.890 bits per heavy atom. The van der Waals surface area contributed by atoms with E-state index in [1.54, 1.807) is 13.2 Å². The second-order valence-electron chi connectivity index (χ2n) is 40.4. The van der Waals surface area contributed by atoms with Crippen molar-refractivity contribution in [3.63, 3.8) is 0 Å². The van der Waals surface area contributed by atoms with Gasteiger partial charge >= 0.3 is 23.9 Å². The Bertz CT molecular complexity index is 2420. The van der Waals surface area contributed by atoms with Crippen molar-refractivity contribution in [1.82, 2.24) is 0 Å². The van der Waals surface area contributed by atoms with Gasteiger partial charge in [-0.2, -0.15) is 0 Å². The Kier molecular flexibility index (Phi) is 38.0. The molecule has 0 aromatic rings. The van der Waals surface area contributed by atoms with E-state index in [2.05, 4.69) is 83.1 Å². The van der Waals surface area contributed by atoms with E-state index in [-0.39, 0.29) is 153 Å². The van der Waals surface area contributed by atoms with Crippen LogP contribution >= 0.6 is 0 Å². The highest BCUT2D eigenvalue weighted by Gasteiger charge is 2.40. The summed E-state index contributed by atoms with van der Waals surface area (Å²) in [6.07, 6.45) is 18.9. The van der Waals surface area contributed by atoms with E-state index in [0.717, 1.165) is 108 Å². The van der Waals surface area contributed by atoms with Crippen molar-refractivity contribution < 1.29 is 77.7 Å². The molecule has 8 N–H and O–H groups in total. The number of ether oxygens (including phenoxy) is 5. The summed E-state index contributed by atoms with van der Waals surface area (Å²) in [7, 11) is 1.76. The van der Waals surface area contributed by atoms with Crippen LogP contribution in [-0.4, -0.2) is 128 Å². The molecule has 0 aromatic carbocycles. The summed E-state index contributed by atoms with van der Waals surface area (Å²) in [5.74, 6) is 0.979. The van der Waals surface area contributed by atoms with Crippen molar-refractivity contribution in [3.05, 3.63) is 11.8 Å². The monoisotopic (exact) mass is 1420 g/mol. The number of ketones is 3. The summed E-state index contributed by atoms with van der Waals surface area (Å²) in [5, 5.41) is 38.8. The fourth-order valence-electron chi connectivity index (χ4n) is 16.3.